The van der Waals surface area contributed by atoms with Gasteiger partial charge in [-0.2, -0.15) is 4.99 Å². The zero-order valence-electron chi connectivity index (χ0n) is 10.5. The predicted octanol–water partition coefficient (Wildman–Crippen LogP) is 3.03. The van der Waals surface area contributed by atoms with Crippen LogP contribution in [0.25, 0.3) is 0 Å². The molecule has 1 saturated carbocycles. The van der Waals surface area contributed by atoms with Gasteiger partial charge in [-0.3, -0.25) is 0 Å². The van der Waals surface area contributed by atoms with Crippen LogP contribution in [0.15, 0.2) is 17.1 Å². The van der Waals surface area contributed by atoms with Gasteiger partial charge in [-0.1, -0.05) is 0 Å². The minimum Gasteiger partial charge on any atom is -0.496 e. The molecule has 0 bridgehead atoms. The van der Waals surface area contributed by atoms with Crippen LogP contribution in [0.5, 0.6) is 5.75 Å². The van der Waals surface area contributed by atoms with E-state index < -0.39 is 0 Å². The zero-order chi connectivity index (χ0) is 12.5. The van der Waals surface area contributed by atoms with E-state index >= 15 is 0 Å². The van der Waals surface area contributed by atoms with Crippen LogP contribution in [0.2, 0.25) is 0 Å². The maximum absolute atomic E-state index is 10.6. The maximum Gasteiger partial charge on any atom is 0.235 e. The third kappa shape index (κ3) is 1.87. The van der Waals surface area contributed by atoms with Crippen molar-refractivity contribution < 1.29 is 9.53 Å². The molecule has 1 fully saturated rings. The Hall–Kier alpha value is -1.60. The first-order chi connectivity index (χ1) is 8.13. The van der Waals surface area contributed by atoms with E-state index in [0.717, 1.165) is 41.7 Å². The molecule has 0 aromatic heterocycles. The lowest BCUT2D eigenvalue weighted by molar-refractivity contribution is 0.255. The van der Waals surface area contributed by atoms with Gasteiger partial charge < -0.3 is 4.74 Å². The Bertz CT molecular complexity index is 460. The van der Waals surface area contributed by atoms with Crippen molar-refractivity contribution in [1.82, 2.24) is 0 Å². The number of hydrogen-bond acceptors (Lipinski definition) is 3. The summed E-state index contributed by atoms with van der Waals surface area (Å²) in [6.45, 7) is 4.04. The van der Waals surface area contributed by atoms with Crippen LogP contribution in [-0.2, 0) is 10.3 Å². The molecule has 1 aromatic rings. The molecular weight excluding hydrogens is 214 g/mol. The molecule has 2 rings (SSSR count). The van der Waals surface area contributed by atoms with Gasteiger partial charge in [0.15, 0.2) is 0 Å². The first-order valence-corrected chi connectivity index (χ1v) is 5.88. The van der Waals surface area contributed by atoms with Crippen LogP contribution in [-0.4, -0.2) is 13.2 Å². The molecule has 17 heavy (non-hydrogen) atoms. The molecule has 0 heterocycles. The van der Waals surface area contributed by atoms with Crippen molar-refractivity contribution in [3.63, 3.8) is 0 Å². The standard InChI is InChI=1S/C14H17NO2/c1-10-7-12(8-11(2)13(10)17-3)14(15-9-16)5-4-6-14/h7-8H,4-6H2,1-3H3. The van der Waals surface area contributed by atoms with Gasteiger partial charge in [0.05, 0.1) is 12.6 Å². The zero-order valence-corrected chi connectivity index (χ0v) is 10.5. The highest BCUT2D eigenvalue weighted by Gasteiger charge is 2.39. The topological polar surface area (TPSA) is 38.7 Å². The van der Waals surface area contributed by atoms with E-state index in [2.05, 4.69) is 17.1 Å². The number of rotatable bonds is 3. The molecule has 3 heteroatoms. The molecule has 0 spiro atoms. The number of aryl methyl sites for hydroxylation is 2. The second-order valence-corrected chi connectivity index (χ2v) is 4.73. The van der Waals surface area contributed by atoms with Crippen molar-refractivity contribution in [3.05, 3.63) is 28.8 Å². The summed E-state index contributed by atoms with van der Waals surface area (Å²) in [5.41, 5.74) is 2.98. The number of nitrogens with zero attached hydrogens (tertiary/aromatic N) is 1. The van der Waals surface area contributed by atoms with Gasteiger partial charge >= 0.3 is 0 Å². The lowest BCUT2D eigenvalue weighted by Crippen LogP contribution is -2.32. The van der Waals surface area contributed by atoms with Crippen molar-refractivity contribution in [2.75, 3.05) is 7.11 Å². The van der Waals surface area contributed by atoms with E-state index in [9.17, 15) is 4.79 Å². The van der Waals surface area contributed by atoms with Crippen molar-refractivity contribution >= 4 is 6.08 Å². The van der Waals surface area contributed by atoms with Crippen LogP contribution < -0.4 is 4.74 Å². The summed E-state index contributed by atoms with van der Waals surface area (Å²) in [4.78, 5) is 14.6. The monoisotopic (exact) mass is 231 g/mol. The molecule has 0 saturated heterocycles. The highest BCUT2D eigenvalue weighted by molar-refractivity contribution is 5.47. The lowest BCUT2D eigenvalue weighted by Gasteiger charge is -2.37. The molecule has 1 aliphatic rings. The average Bonchev–Trinajstić information content (AvgIpc) is 2.23. The first-order valence-electron chi connectivity index (χ1n) is 5.88. The van der Waals surface area contributed by atoms with Crippen LogP contribution in [0.1, 0.15) is 36.0 Å². The predicted molar refractivity (Wildman–Crippen MR) is 66.1 cm³/mol. The van der Waals surface area contributed by atoms with E-state index in [1.54, 1.807) is 13.2 Å². The smallest absolute Gasteiger partial charge is 0.235 e. The van der Waals surface area contributed by atoms with Gasteiger partial charge in [0.1, 0.15) is 5.75 Å². The number of ether oxygens (including phenoxy) is 1. The summed E-state index contributed by atoms with van der Waals surface area (Å²) in [6.07, 6.45) is 4.72. The summed E-state index contributed by atoms with van der Waals surface area (Å²) in [5, 5.41) is 0. The van der Waals surface area contributed by atoms with Crippen LogP contribution >= 0.6 is 0 Å². The quantitative estimate of drug-likeness (QED) is 0.592. The van der Waals surface area contributed by atoms with Crippen molar-refractivity contribution in [3.8, 4) is 5.75 Å². The maximum atomic E-state index is 10.6. The first kappa shape index (κ1) is 11.9. The molecule has 0 unspecified atom stereocenters. The third-order valence-corrected chi connectivity index (χ3v) is 3.64. The van der Waals surface area contributed by atoms with Crippen molar-refractivity contribution in [2.45, 2.75) is 38.6 Å². The van der Waals surface area contributed by atoms with Crippen molar-refractivity contribution in [1.29, 1.82) is 0 Å². The minimum atomic E-state index is -0.316. The highest BCUT2D eigenvalue weighted by Crippen LogP contribution is 2.46. The molecule has 0 amide bonds. The van der Waals surface area contributed by atoms with Gasteiger partial charge in [-0.15, -0.1) is 0 Å². The van der Waals surface area contributed by atoms with E-state index in [0.29, 0.717) is 0 Å². The summed E-state index contributed by atoms with van der Waals surface area (Å²) in [6, 6.07) is 4.15. The Morgan fingerprint density at radius 1 is 1.29 bits per heavy atom. The molecule has 1 aliphatic carbocycles. The molecule has 0 radical (unpaired) electrons. The minimum absolute atomic E-state index is 0.316. The van der Waals surface area contributed by atoms with Gasteiger partial charge in [0.25, 0.3) is 0 Å². The fourth-order valence-electron chi connectivity index (χ4n) is 2.60. The Balaban J connectivity index is 2.49. The number of aliphatic imine (C=N–C) groups is 1. The Kier molecular flexibility index (Phi) is 3.03. The number of hydrogen-bond donors (Lipinski definition) is 0. The van der Waals surface area contributed by atoms with E-state index in [-0.39, 0.29) is 5.54 Å². The van der Waals surface area contributed by atoms with E-state index in [1.807, 2.05) is 13.8 Å². The summed E-state index contributed by atoms with van der Waals surface area (Å²) in [7, 11) is 1.68. The Labute approximate surface area is 102 Å². The number of carbonyl (C=O) groups excluding carboxylic acids is 1. The SMILES string of the molecule is COc1c(C)cc(C2(N=C=O)CCC2)cc1C. The van der Waals surface area contributed by atoms with Gasteiger partial charge in [0.2, 0.25) is 6.08 Å². The summed E-state index contributed by atoms with van der Waals surface area (Å²) >= 11 is 0. The molecule has 1 aromatic carbocycles. The fraction of sp³-hybridized carbons (Fsp3) is 0.500. The molecular formula is C14H17NO2. The van der Waals surface area contributed by atoms with E-state index in [4.69, 9.17) is 4.74 Å². The van der Waals surface area contributed by atoms with E-state index in [1.165, 1.54) is 0 Å². The van der Waals surface area contributed by atoms with Crippen molar-refractivity contribution in [2.24, 2.45) is 4.99 Å². The largest absolute Gasteiger partial charge is 0.496 e. The fourth-order valence-corrected chi connectivity index (χ4v) is 2.60. The third-order valence-electron chi connectivity index (χ3n) is 3.64. The van der Waals surface area contributed by atoms with Gasteiger partial charge in [0, 0.05) is 0 Å². The van der Waals surface area contributed by atoms with Crippen LogP contribution in [0, 0.1) is 13.8 Å². The Morgan fingerprint density at radius 3 is 2.24 bits per heavy atom. The molecule has 0 atom stereocenters. The second kappa shape index (κ2) is 4.34. The number of methoxy groups -OCH3 is 1. The lowest BCUT2D eigenvalue weighted by atomic mass is 9.72. The number of benzene rings is 1. The summed E-state index contributed by atoms with van der Waals surface area (Å²) in [5.74, 6) is 0.915. The van der Waals surface area contributed by atoms with Gasteiger partial charge in [-0.05, 0) is 61.9 Å². The van der Waals surface area contributed by atoms with Crippen LogP contribution in [0.3, 0.4) is 0 Å². The number of isocyanates is 1. The van der Waals surface area contributed by atoms with Crippen LogP contribution in [0.4, 0.5) is 0 Å². The van der Waals surface area contributed by atoms with Gasteiger partial charge in [-0.25, -0.2) is 4.79 Å². The second-order valence-electron chi connectivity index (χ2n) is 4.73. The molecule has 0 N–H and O–H groups in total. The molecule has 90 valence electrons. The highest BCUT2D eigenvalue weighted by atomic mass is 16.5. The Morgan fingerprint density at radius 2 is 1.88 bits per heavy atom. The average molecular weight is 231 g/mol. The normalized spacial score (nSPS) is 16.9. The molecule has 0 aliphatic heterocycles. The summed E-state index contributed by atoms with van der Waals surface area (Å²) < 4.78 is 5.35. The molecule has 3 nitrogen and oxygen atoms in total.